The second kappa shape index (κ2) is 13.5. The average molecular weight is 558 g/mol. The van der Waals surface area contributed by atoms with Crippen molar-refractivity contribution < 1.29 is 0 Å². The van der Waals surface area contributed by atoms with E-state index in [2.05, 4.69) is 145 Å². The second-order valence-electron chi connectivity index (χ2n) is 10.6. The second-order valence-corrected chi connectivity index (χ2v) is 10.6. The van der Waals surface area contributed by atoms with E-state index < -0.39 is 0 Å². The molecule has 0 radical (unpaired) electrons. The lowest BCUT2D eigenvalue weighted by molar-refractivity contribution is 0.793. The zero-order chi connectivity index (χ0) is 29.3. The van der Waals surface area contributed by atoms with Crippen LogP contribution in [0.2, 0.25) is 0 Å². The number of hydrogen-bond acceptors (Lipinski definition) is 3. The number of hydrazone groups is 1. The quantitative estimate of drug-likeness (QED) is 0.123. The molecule has 0 atom stereocenters. The monoisotopic (exact) mass is 557 g/mol. The van der Waals surface area contributed by atoms with Crippen molar-refractivity contribution in [2.24, 2.45) is 5.10 Å². The van der Waals surface area contributed by atoms with E-state index >= 15 is 0 Å². The molecule has 3 nitrogen and oxygen atoms in total. The normalized spacial score (nSPS) is 11.1. The Kier molecular flexibility index (Phi) is 8.71. The van der Waals surface area contributed by atoms with Crippen molar-refractivity contribution >= 4 is 29.0 Å². The van der Waals surface area contributed by atoms with Crippen molar-refractivity contribution in [3.05, 3.63) is 192 Å². The molecule has 3 heteroatoms. The topological polar surface area (TPSA) is 18.8 Å². The van der Waals surface area contributed by atoms with Gasteiger partial charge in [-0.3, -0.25) is 0 Å². The molecule has 0 N–H and O–H groups in total. The maximum absolute atomic E-state index is 4.90. The van der Waals surface area contributed by atoms with Crippen LogP contribution in [0, 0.1) is 6.92 Å². The zero-order valence-electron chi connectivity index (χ0n) is 24.4. The van der Waals surface area contributed by atoms with Gasteiger partial charge in [-0.05, 0) is 72.1 Å². The molecule has 0 saturated heterocycles. The van der Waals surface area contributed by atoms with E-state index in [1.165, 1.54) is 22.4 Å². The predicted octanol–water partition coefficient (Wildman–Crippen LogP) is 10.1. The number of aryl methyl sites for hydroxylation is 1. The molecule has 0 unspecified atom stereocenters. The number of benzene rings is 6. The zero-order valence-corrected chi connectivity index (χ0v) is 24.4. The van der Waals surface area contributed by atoms with Crippen LogP contribution < -0.4 is 9.91 Å². The van der Waals surface area contributed by atoms with E-state index in [0.29, 0.717) is 0 Å². The number of anilines is 4. The fourth-order valence-corrected chi connectivity index (χ4v) is 5.33. The minimum Gasteiger partial charge on any atom is -0.341 e. The first kappa shape index (κ1) is 27.7. The molecule has 0 aromatic heterocycles. The molecule has 6 rings (SSSR count). The molecule has 0 aliphatic rings. The number of para-hydroxylation sites is 2. The number of nitrogens with zero attached hydrogens (tertiary/aromatic N) is 3. The predicted molar refractivity (Wildman–Crippen MR) is 182 cm³/mol. The van der Waals surface area contributed by atoms with Gasteiger partial charge in [0.15, 0.2) is 0 Å². The van der Waals surface area contributed by atoms with Crippen molar-refractivity contribution in [1.82, 2.24) is 0 Å². The lowest BCUT2D eigenvalue weighted by atomic mass is 9.90. The van der Waals surface area contributed by atoms with Crippen LogP contribution in [-0.2, 0) is 0 Å². The maximum Gasteiger partial charge on any atom is 0.0652 e. The van der Waals surface area contributed by atoms with Gasteiger partial charge >= 0.3 is 0 Å². The van der Waals surface area contributed by atoms with E-state index in [0.717, 1.165) is 29.2 Å². The summed E-state index contributed by atoms with van der Waals surface area (Å²) in [6.07, 6.45) is 1.93. The van der Waals surface area contributed by atoms with Crippen LogP contribution in [0.5, 0.6) is 0 Å². The molecule has 0 bridgehead atoms. The third kappa shape index (κ3) is 6.91. The highest BCUT2D eigenvalue weighted by Crippen LogP contribution is 2.33. The minimum atomic E-state index is 0.204. The molecule has 6 aromatic carbocycles. The molecule has 210 valence electrons. The summed E-state index contributed by atoms with van der Waals surface area (Å²) < 4.78 is 0. The van der Waals surface area contributed by atoms with Gasteiger partial charge in [0.25, 0.3) is 0 Å². The van der Waals surface area contributed by atoms with Gasteiger partial charge in [-0.1, -0.05) is 127 Å². The van der Waals surface area contributed by atoms with Crippen LogP contribution >= 0.6 is 0 Å². The van der Waals surface area contributed by atoms with Crippen molar-refractivity contribution in [3.8, 4) is 0 Å². The number of hydrogen-bond donors (Lipinski definition) is 0. The summed E-state index contributed by atoms with van der Waals surface area (Å²) in [5.41, 5.74) is 9.23. The van der Waals surface area contributed by atoms with Gasteiger partial charge in [-0.25, -0.2) is 5.01 Å². The van der Waals surface area contributed by atoms with Crippen molar-refractivity contribution in [2.75, 3.05) is 16.5 Å². The highest BCUT2D eigenvalue weighted by atomic mass is 15.5. The Morgan fingerprint density at radius 3 is 1.37 bits per heavy atom. The third-order valence-corrected chi connectivity index (χ3v) is 7.64. The molecule has 0 aliphatic carbocycles. The summed E-state index contributed by atoms with van der Waals surface area (Å²) in [7, 11) is 0. The van der Waals surface area contributed by atoms with E-state index in [4.69, 9.17) is 5.10 Å². The van der Waals surface area contributed by atoms with Crippen molar-refractivity contribution in [3.63, 3.8) is 0 Å². The van der Waals surface area contributed by atoms with Gasteiger partial charge in [0.1, 0.15) is 0 Å². The largest absolute Gasteiger partial charge is 0.341 e. The SMILES string of the molecule is Cc1ccc(N(CC(c2ccccc2)c2ccccc2)c2ccc(/C=N/N(c3ccccc3)c3ccccc3)cc2)cc1. The summed E-state index contributed by atoms with van der Waals surface area (Å²) in [6.45, 7) is 2.94. The Hall–Kier alpha value is -5.41. The highest BCUT2D eigenvalue weighted by molar-refractivity contribution is 5.83. The summed E-state index contributed by atoms with van der Waals surface area (Å²) in [5, 5.41) is 6.87. The molecule has 43 heavy (non-hydrogen) atoms. The Morgan fingerprint density at radius 1 is 0.488 bits per heavy atom. The fourth-order valence-electron chi connectivity index (χ4n) is 5.33. The summed E-state index contributed by atoms with van der Waals surface area (Å²) in [6, 6.07) is 59.6. The van der Waals surface area contributed by atoms with Crippen LogP contribution in [0.15, 0.2) is 175 Å². The van der Waals surface area contributed by atoms with Crippen LogP contribution in [0.25, 0.3) is 0 Å². The summed E-state index contributed by atoms with van der Waals surface area (Å²) in [4.78, 5) is 2.42. The first-order chi connectivity index (χ1) is 21.2. The molecule has 0 heterocycles. The van der Waals surface area contributed by atoms with Gasteiger partial charge < -0.3 is 4.90 Å². The average Bonchev–Trinajstić information content (AvgIpc) is 3.08. The van der Waals surface area contributed by atoms with Gasteiger partial charge in [0.05, 0.1) is 17.6 Å². The molecule has 0 saturated carbocycles. The summed E-state index contributed by atoms with van der Waals surface area (Å²) in [5.74, 6) is 0.204. The van der Waals surface area contributed by atoms with E-state index in [1.807, 2.05) is 47.6 Å². The number of rotatable bonds is 10. The standard InChI is InChI=1S/C40H35N3/c1-32-22-26-36(27-23-32)42(31-40(34-14-6-2-7-15-34)35-16-8-3-9-17-35)37-28-24-33(25-29-37)30-41-43(38-18-10-4-11-19-38)39-20-12-5-13-21-39/h2-30,40H,31H2,1H3/b41-30+. The lowest BCUT2D eigenvalue weighted by Gasteiger charge is -2.30. The smallest absolute Gasteiger partial charge is 0.0652 e. The first-order valence-corrected chi connectivity index (χ1v) is 14.7. The lowest BCUT2D eigenvalue weighted by Crippen LogP contribution is -2.25. The maximum atomic E-state index is 4.90. The van der Waals surface area contributed by atoms with Crippen LogP contribution in [-0.4, -0.2) is 12.8 Å². The van der Waals surface area contributed by atoms with Gasteiger partial charge in [-0.2, -0.15) is 5.10 Å². The van der Waals surface area contributed by atoms with E-state index in [9.17, 15) is 0 Å². The van der Waals surface area contributed by atoms with Gasteiger partial charge in [0.2, 0.25) is 0 Å². The Bertz CT molecular complexity index is 1640. The third-order valence-electron chi connectivity index (χ3n) is 7.64. The fraction of sp³-hybridized carbons (Fsp3) is 0.0750. The van der Waals surface area contributed by atoms with Crippen LogP contribution in [0.4, 0.5) is 22.7 Å². The van der Waals surface area contributed by atoms with Gasteiger partial charge in [-0.15, -0.1) is 0 Å². The molecule has 0 amide bonds. The minimum absolute atomic E-state index is 0.204. The molecular weight excluding hydrogens is 522 g/mol. The molecule has 0 spiro atoms. The molecular formula is C40H35N3. The van der Waals surface area contributed by atoms with Crippen molar-refractivity contribution in [2.45, 2.75) is 12.8 Å². The molecule has 0 fully saturated rings. The Balaban J connectivity index is 1.32. The van der Waals surface area contributed by atoms with Crippen LogP contribution in [0.1, 0.15) is 28.2 Å². The molecule has 0 aliphatic heterocycles. The summed E-state index contributed by atoms with van der Waals surface area (Å²) >= 11 is 0. The Labute approximate surface area is 255 Å². The highest BCUT2D eigenvalue weighted by Gasteiger charge is 2.20. The molecule has 6 aromatic rings. The van der Waals surface area contributed by atoms with E-state index in [1.54, 1.807) is 0 Å². The van der Waals surface area contributed by atoms with Crippen LogP contribution in [0.3, 0.4) is 0 Å². The van der Waals surface area contributed by atoms with Crippen molar-refractivity contribution in [1.29, 1.82) is 0 Å². The first-order valence-electron chi connectivity index (χ1n) is 14.7. The van der Waals surface area contributed by atoms with E-state index in [-0.39, 0.29) is 5.92 Å². The van der Waals surface area contributed by atoms with Gasteiger partial charge in [0, 0.05) is 23.8 Å². The Morgan fingerprint density at radius 2 is 0.907 bits per heavy atom.